The van der Waals surface area contributed by atoms with Crippen LogP contribution in [-0.2, 0) is 11.8 Å². The predicted octanol–water partition coefficient (Wildman–Crippen LogP) is 0.406. The van der Waals surface area contributed by atoms with E-state index in [2.05, 4.69) is 26.6 Å². The van der Waals surface area contributed by atoms with Gasteiger partial charge in [0.05, 0.1) is 6.04 Å². The Morgan fingerprint density at radius 1 is 1.69 bits per heavy atom. The molecule has 5 nitrogen and oxygen atoms in total. The second-order valence-corrected chi connectivity index (χ2v) is 4.75. The standard InChI is InChI=1S/C10H12BrN3O2/c1-14-5-6(11)2-8(14)10(16)13-7-3-9(15)12-4-7/h2,5,7H,3-4H2,1H3,(H,12,15)(H,13,16). The number of hydrogen-bond donors (Lipinski definition) is 2. The molecule has 2 N–H and O–H groups in total. The van der Waals surface area contributed by atoms with Crippen LogP contribution < -0.4 is 10.6 Å². The first-order chi connectivity index (χ1) is 7.56. The molecule has 0 saturated carbocycles. The largest absolute Gasteiger partial charge is 0.354 e. The molecule has 86 valence electrons. The van der Waals surface area contributed by atoms with Crippen LogP contribution in [0.1, 0.15) is 16.9 Å². The lowest BCUT2D eigenvalue weighted by atomic mass is 10.2. The zero-order chi connectivity index (χ0) is 11.7. The van der Waals surface area contributed by atoms with Gasteiger partial charge in [-0.2, -0.15) is 0 Å². The van der Waals surface area contributed by atoms with E-state index in [0.29, 0.717) is 18.7 Å². The van der Waals surface area contributed by atoms with Crippen LogP contribution in [0.5, 0.6) is 0 Å². The van der Waals surface area contributed by atoms with E-state index in [1.54, 1.807) is 17.7 Å². The van der Waals surface area contributed by atoms with E-state index < -0.39 is 0 Å². The third-order valence-electron chi connectivity index (χ3n) is 2.52. The molecule has 2 rings (SSSR count). The summed E-state index contributed by atoms with van der Waals surface area (Å²) in [7, 11) is 1.80. The minimum Gasteiger partial charge on any atom is -0.354 e. The van der Waals surface area contributed by atoms with Crippen molar-refractivity contribution in [2.24, 2.45) is 7.05 Å². The molecule has 2 heterocycles. The van der Waals surface area contributed by atoms with Crippen LogP contribution in [0.25, 0.3) is 0 Å². The van der Waals surface area contributed by atoms with Crippen LogP contribution >= 0.6 is 15.9 Å². The molecule has 0 bridgehead atoms. The Morgan fingerprint density at radius 3 is 2.94 bits per heavy atom. The van der Waals surface area contributed by atoms with E-state index in [0.717, 1.165) is 4.47 Å². The maximum Gasteiger partial charge on any atom is 0.268 e. The fourth-order valence-corrected chi connectivity index (χ4v) is 2.24. The molecule has 1 aromatic heterocycles. The van der Waals surface area contributed by atoms with Crippen LogP contribution in [0, 0.1) is 0 Å². The number of nitrogens with zero attached hydrogens (tertiary/aromatic N) is 1. The third kappa shape index (κ3) is 2.27. The number of aryl methyl sites for hydroxylation is 1. The number of halogens is 1. The van der Waals surface area contributed by atoms with Gasteiger partial charge in [-0.25, -0.2) is 0 Å². The summed E-state index contributed by atoms with van der Waals surface area (Å²) in [5, 5.41) is 5.49. The van der Waals surface area contributed by atoms with Crippen LogP contribution in [0.15, 0.2) is 16.7 Å². The summed E-state index contributed by atoms with van der Waals surface area (Å²) in [6.45, 7) is 0.510. The maximum atomic E-state index is 11.8. The summed E-state index contributed by atoms with van der Waals surface area (Å²) >= 11 is 3.31. The van der Waals surface area contributed by atoms with Crippen LogP contribution in [0.4, 0.5) is 0 Å². The van der Waals surface area contributed by atoms with E-state index in [4.69, 9.17) is 0 Å². The quantitative estimate of drug-likeness (QED) is 0.827. The van der Waals surface area contributed by atoms with E-state index in [1.807, 2.05) is 6.20 Å². The van der Waals surface area contributed by atoms with Gasteiger partial charge in [0, 0.05) is 30.7 Å². The Balaban J connectivity index is 2.03. The van der Waals surface area contributed by atoms with Gasteiger partial charge in [0.25, 0.3) is 5.91 Å². The average Bonchev–Trinajstić information content (AvgIpc) is 2.73. The van der Waals surface area contributed by atoms with E-state index in [1.165, 1.54) is 0 Å². The number of hydrogen-bond acceptors (Lipinski definition) is 2. The summed E-state index contributed by atoms with van der Waals surface area (Å²) in [6, 6.07) is 1.65. The van der Waals surface area contributed by atoms with Gasteiger partial charge in [-0.15, -0.1) is 0 Å². The highest BCUT2D eigenvalue weighted by Crippen LogP contribution is 2.14. The summed E-state index contributed by atoms with van der Waals surface area (Å²) in [5.41, 5.74) is 0.575. The Kier molecular flexibility index (Phi) is 3.00. The normalized spacial score (nSPS) is 19.6. The molecule has 1 aromatic rings. The van der Waals surface area contributed by atoms with Crippen LogP contribution in [0.3, 0.4) is 0 Å². The number of nitrogens with one attached hydrogen (secondary N) is 2. The first kappa shape index (κ1) is 11.2. The lowest BCUT2D eigenvalue weighted by Crippen LogP contribution is -2.37. The maximum absolute atomic E-state index is 11.8. The van der Waals surface area contributed by atoms with Crippen molar-refractivity contribution >= 4 is 27.7 Å². The highest BCUT2D eigenvalue weighted by atomic mass is 79.9. The molecule has 0 spiro atoms. The SMILES string of the molecule is Cn1cc(Br)cc1C(=O)NC1CNC(=O)C1. The zero-order valence-electron chi connectivity index (χ0n) is 8.79. The Hall–Kier alpha value is -1.30. The van der Waals surface area contributed by atoms with Crippen LogP contribution in [0.2, 0.25) is 0 Å². The molecule has 1 fully saturated rings. The minimum absolute atomic E-state index is 0.0154. The van der Waals surface area contributed by atoms with Crippen molar-refractivity contribution in [2.75, 3.05) is 6.54 Å². The number of rotatable bonds is 2. The Bertz CT molecular complexity index is 441. The molecule has 1 saturated heterocycles. The molecule has 0 radical (unpaired) electrons. The van der Waals surface area contributed by atoms with Gasteiger partial charge in [0.2, 0.25) is 5.91 Å². The monoisotopic (exact) mass is 285 g/mol. The number of carbonyl (C=O) groups excluding carboxylic acids is 2. The summed E-state index contributed by atoms with van der Waals surface area (Å²) < 4.78 is 2.60. The van der Waals surface area contributed by atoms with Crippen molar-refractivity contribution in [3.8, 4) is 0 Å². The van der Waals surface area contributed by atoms with Gasteiger partial charge < -0.3 is 15.2 Å². The van der Waals surface area contributed by atoms with Gasteiger partial charge in [0.15, 0.2) is 0 Å². The van der Waals surface area contributed by atoms with Gasteiger partial charge in [-0.3, -0.25) is 9.59 Å². The second kappa shape index (κ2) is 4.29. The first-order valence-corrected chi connectivity index (χ1v) is 5.75. The molecule has 16 heavy (non-hydrogen) atoms. The van der Waals surface area contributed by atoms with Gasteiger partial charge in [-0.05, 0) is 22.0 Å². The fourth-order valence-electron chi connectivity index (χ4n) is 1.72. The fraction of sp³-hybridized carbons (Fsp3) is 0.400. The summed E-state index contributed by atoms with van der Waals surface area (Å²) in [4.78, 5) is 22.8. The van der Waals surface area contributed by atoms with Gasteiger partial charge >= 0.3 is 0 Å². The third-order valence-corrected chi connectivity index (χ3v) is 2.95. The molecular weight excluding hydrogens is 274 g/mol. The lowest BCUT2D eigenvalue weighted by Gasteiger charge is -2.10. The zero-order valence-corrected chi connectivity index (χ0v) is 10.4. The molecule has 2 amide bonds. The summed E-state index contributed by atoms with van der Waals surface area (Å²) in [6.07, 6.45) is 2.17. The highest BCUT2D eigenvalue weighted by molar-refractivity contribution is 9.10. The molecule has 1 unspecified atom stereocenters. The molecule has 1 aliphatic rings. The number of aromatic nitrogens is 1. The highest BCUT2D eigenvalue weighted by Gasteiger charge is 2.24. The van der Waals surface area contributed by atoms with E-state index in [9.17, 15) is 9.59 Å². The van der Waals surface area contributed by atoms with Gasteiger partial charge in [0.1, 0.15) is 5.69 Å². The molecule has 0 aliphatic carbocycles. The summed E-state index contributed by atoms with van der Waals surface area (Å²) in [5.74, 6) is -0.173. The van der Waals surface area contributed by atoms with Crippen molar-refractivity contribution in [3.05, 3.63) is 22.4 Å². The Labute approximate surface area is 101 Å². The molecule has 0 aromatic carbocycles. The van der Waals surface area contributed by atoms with Gasteiger partial charge in [-0.1, -0.05) is 0 Å². The van der Waals surface area contributed by atoms with Crippen molar-refractivity contribution in [1.29, 1.82) is 0 Å². The molecule has 6 heteroatoms. The van der Waals surface area contributed by atoms with Crippen molar-refractivity contribution < 1.29 is 9.59 Å². The van der Waals surface area contributed by atoms with Crippen molar-refractivity contribution in [3.63, 3.8) is 0 Å². The molecule has 1 aliphatic heterocycles. The van der Waals surface area contributed by atoms with Crippen molar-refractivity contribution in [2.45, 2.75) is 12.5 Å². The topological polar surface area (TPSA) is 63.1 Å². The molecule has 1 atom stereocenters. The van der Waals surface area contributed by atoms with Crippen LogP contribution in [-0.4, -0.2) is 29.0 Å². The van der Waals surface area contributed by atoms with E-state index in [-0.39, 0.29) is 17.9 Å². The van der Waals surface area contributed by atoms with Crippen molar-refractivity contribution in [1.82, 2.24) is 15.2 Å². The van der Waals surface area contributed by atoms with E-state index >= 15 is 0 Å². The smallest absolute Gasteiger partial charge is 0.268 e. The first-order valence-electron chi connectivity index (χ1n) is 4.95. The Morgan fingerprint density at radius 2 is 2.44 bits per heavy atom. The predicted molar refractivity (Wildman–Crippen MR) is 62.0 cm³/mol. The minimum atomic E-state index is -0.158. The number of carbonyl (C=O) groups is 2. The number of amides is 2. The second-order valence-electron chi connectivity index (χ2n) is 3.83. The molecular formula is C10H12BrN3O2. The lowest BCUT2D eigenvalue weighted by molar-refractivity contribution is -0.119. The average molecular weight is 286 g/mol.